The smallest absolute Gasteiger partial charge is 0.312 e. The number of urea groups is 1. The standard InChI is InChI=1S/C25H31N3O3/c26-25(30)27-23(16-24(29)28-14-13-18-7-4-5-8-20(18)17-28)19-9-6-12-22(15-19)31-21-10-2-1-3-11-21/h1-3,6,9-12,15,18,20,23H,4-5,7-8,13-14,16-17H2,(H3,26,27,30). The molecule has 1 aliphatic carbocycles. The van der Waals surface area contributed by atoms with Crippen LogP contribution in [0.4, 0.5) is 4.79 Å². The lowest BCUT2D eigenvalue weighted by atomic mass is 9.75. The number of hydrogen-bond donors (Lipinski definition) is 2. The minimum atomic E-state index is -0.641. The fraction of sp³-hybridized carbons (Fsp3) is 0.440. The van der Waals surface area contributed by atoms with E-state index in [1.165, 1.54) is 25.7 Å². The van der Waals surface area contributed by atoms with Gasteiger partial charge in [0, 0.05) is 13.1 Å². The van der Waals surface area contributed by atoms with Gasteiger partial charge in [0.2, 0.25) is 5.91 Å². The Bertz CT molecular complexity index is 902. The Kier molecular flexibility index (Phi) is 6.75. The zero-order chi connectivity index (χ0) is 21.6. The summed E-state index contributed by atoms with van der Waals surface area (Å²) in [6.45, 7) is 1.64. The Morgan fingerprint density at radius 3 is 2.52 bits per heavy atom. The number of ether oxygens (including phenoxy) is 1. The molecular weight excluding hydrogens is 390 g/mol. The second-order valence-electron chi connectivity index (χ2n) is 8.69. The van der Waals surface area contributed by atoms with Gasteiger partial charge in [-0.05, 0) is 54.5 Å². The third kappa shape index (κ3) is 5.57. The summed E-state index contributed by atoms with van der Waals surface area (Å²) in [6.07, 6.45) is 6.38. The lowest BCUT2D eigenvalue weighted by molar-refractivity contribution is -0.134. The highest BCUT2D eigenvalue weighted by Gasteiger charge is 2.33. The summed E-state index contributed by atoms with van der Waals surface area (Å²) in [5, 5.41) is 2.75. The average molecular weight is 422 g/mol. The molecule has 3 amide bonds. The number of benzene rings is 2. The zero-order valence-electron chi connectivity index (χ0n) is 17.8. The van der Waals surface area contributed by atoms with Crippen molar-refractivity contribution in [3.8, 4) is 11.5 Å². The Labute approximate surface area is 183 Å². The molecule has 0 radical (unpaired) electrons. The van der Waals surface area contributed by atoms with E-state index in [2.05, 4.69) is 5.32 Å². The van der Waals surface area contributed by atoms with Gasteiger partial charge in [-0.25, -0.2) is 4.79 Å². The number of piperidine rings is 1. The van der Waals surface area contributed by atoms with E-state index in [1.807, 2.05) is 59.5 Å². The van der Waals surface area contributed by atoms with Crippen molar-refractivity contribution in [2.75, 3.05) is 13.1 Å². The number of nitrogens with zero attached hydrogens (tertiary/aromatic N) is 1. The molecule has 6 heteroatoms. The minimum Gasteiger partial charge on any atom is -0.457 e. The highest BCUT2D eigenvalue weighted by atomic mass is 16.5. The first kappa shape index (κ1) is 21.2. The number of amides is 3. The first-order valence-corrected chi connectivity index (χ1v) is 11.2. The third-order valence-electron chi connectivity index (χ3n) is 6.58. The summed E-state index contributed by atoms with van der Waals surface area (Å²) in [5.74, 6) is 2.83. The number of hydrogen-bond acceptors (Lipinski definition) is 3. The van der Waals surface area contributed by atoms with Crippen molar-refractivity contribution in [2.24, 2.45) is 17.6 Å². The van der Waals surface area contributed by atoms with Crippen LogP contribution < -0.4 is 15.8 Å². The van der Waals surface area contributed by atoms with E-state index in [1.54, 1.807) is 0 Å². The van der Waals surface area contributed by atoms with Gasteiger partial charge in [0.25, 0.3) is 0 Å². The van der Waals surface area contributed by atoms with Gasteiger partial charge in [0.1, 0.15) is 11.5 Å². The number of para-hydroxylation sites is 1. The van der Waals surface area contributed by atoms with Crippen LogP contribution in [0, 0.1) is 11.8 Å². The molecule has 164 valence electrons. The highest BCUT2D eigenvalue weighted by molar-refractivity contribution is 5.79. The molecule has 1 aliphatic heterocycles. The molecule has 3 atom stereocenters. The predicted octanol–water partition coefficient (Wildman–Crippen LogP) is 4.62. The van der Waals surface area contributed by atoms with Crippen LogP contribution in [0.25, 0.3) is 0 Å². The Morgan fingerprint density at radius 1 is 1.00 bits per heavy atom. The van der Waals surface area contributed by atoms with Crippen molar-refractivity contribution in [1.82, 2.24) is 10.2 Å². The molecule has 0 bridgehead atoms. The summed E-state index contributed by atoms with van der Waals surface area (Å²) >= 11 is 0. The van der Waals surface area contributed by atoms with E-state index in [4.69, 9.17) is 10.5 Å². The Morgan fingerprint density at radius 2 is 1.74 bits per heavy atom. The van der Waals surface area contributed by atoms with E-state index in [0.717, 1.165) is 36.7 Å². The Balaban J connectivity index is 1.45. The van der Waals surface area contributed by atoms with E-state index in [9.17, 15) is 9.59 Å². The van der Waals surface area contributed by atoms with Crippen LogP contribution in [0.1, 0.15) is 50.1 Å². The predicted molar refractivity (Wildman–Crippen MR) is 120 cm³/mol. The molecule has 0 aromatic heterocycles. The van der Waals surface area contributed by atoms with Gasteiger partial charge in [0.05, 0.1) is 12.5 Å². The van der Waals surface area contributed by atoms with Crippen LogP contribution in [0.3, 0.4) is 0 Å². The minimum absolute atomic E-state index is 0.0668. The van der Waals surface area contributed by atoms with Gasteiger partial charge in [0.15, 0.2) is 0 Å². The van der Waals surface area contributed by atoms with Gasteiger partial charge >= 0.3 is 6.03 Å². The number of rotatable bonds is 6. The van der Waals surface area contributed by atoms with E-state index < -0.39 is 12.1 Å². The molecule has 0 spiro atoms. The largest absolute Gasteiger partial charge is 0.457 e. The number of carbonyl (C=O) groups excluding carboxylic acids is 2. The van der Waals surface area contributed by atoms with Crippen molar-refractivity contribution < 1.29 is 14.3 Å². The molecule has 31 heavy (non-hydrogen) atoms. The van der Waals surface area contributed by atoms with Crippen LogP contribution in [-0.4, -0.2) is 29.9 Å². The zero-order valence-corrected chi connectivity index (χ0v) is 17.8. The lowest BCUT2D eigenvalue weighted by Gasteiger charge is -2.41. The molecule has 1 heterocycles. The SMILES string of the molecule is NC(=O)NC(CC(=O)N1CCC2CCCCC2C1)c1cccc(Oc2ccccc2)c1. The molecule has 3 N–H and O–H groups in total. The first-order chi connectivity index (χ1) is 15.1. The van der Waals surface area contributed by atoms with Gasteiger partial charge in [-0.3, -0.25) is 4.79 Å². The molecule has 1 saturated carbocycles. The number of nitrogens with two attached hydrogens (primary N) is 1. The van der Waals surface area contributed by atoms with Crippen molar-refractivity contribution in [2.45, 2.75) is 44.6 Å². The monoisotopic (exact) mass is 421 g/mol. The van der Waals surface area contributed by atoms with Gasteiger partial charge in [-0.2, -0.15) is 0 Å². The molecule has 2 aromatic rings. The number of nitrogens with one attached hydrogen (secondary N) is 1. The van der Waals surface area contributed by atoms with Crippen LogP contribution in [0.15, 0.2) is 54.6 Å². The maximum atomic E-state index is 13.1. The molecule has 1 saturated heterocycles. The number of likely N-dealkylation sites (tertiary alicyclic amines) is 1. The van der Waals surface area contributed by atoms with Crippen LogP contribution in [-0.2, 0) is 4.79 Å². The van der Waals surface area contributed by atoms with Crippen molar-refractivity contribution >= 4 is 11.9 Å². The number of fused-ring (bicyclic) bond motifs is 1. The second kappa shape index (κ2) is 9.86. The Hall–Kier alpha value is -3.02. The third-order valence-corrected chi connectivity index (χ3v) is 6.58. The number of carbonyl (C=O) groups is 2. The molecule has 3 unspecified atom stereocenters. The molecule has 2 fully saturated rings. The number of primary amides is 1. The molecule has 2 aliphatic rings. The van der Waals surface area contributed by atoms with Gasteiger partial charge in [-0.15, -0.1) is 0 Å². The molecule has 2 aromatic carbocycles. The maximum absolute atomic E-state index is 13.1. The summed E-state index contributed by atoms with van der Waals surface area (Å²) in [4.78, 5) is 26.8. The van der Waals surface area contributed by atoms with Crippen LogP contribution >= 0.6 is 0 Å². The summed E-state index contributed by atoms with van der Waals surface area (Å²) in [5.41, 5.74) is 6.23. The highest BCUT2D eigenvalue weighted by Crippen LogP contribution is 2.36. The fourth-order valence-corrected chi connectivity index (χ4v) is 4.97. The molecule has 4 rings (SSSR count). The second-order valence-corrected chi connectivity index (χ2v) is 8.69. The summed E-state index contributed by atoms with van der Waals surface area (Å²) in [6, 6.07) is 15.8. The summed E-state index contributed by atoms with van der Waals surface area (Å²) in [7, 11) is 0. The van der Waals surface area contributed by atoms with Crippen molar-refractivity contribution in [1.29, 1.82) is 0 Å². The molecular formula is C25H31N3O3. The van der Waals surface area contributed by atoms with E-state index >= 15 is 0 Å². The lowest BCUT2D eigenvalue weighted by Crippen LogP contribution is -2.46. The quantitative estimate of drug-likeness (QED) is 0.714. The van der Waals surface area contributed by atoms with Crippen LogP contribution in [0.5, 0.6) is 11.5 Å². The van der Waals surface area contributed by atoms with Gasteiger partial charge in [-0.1, -0.05) is 49.6 Å². The van der Waals surface area contributed by atoms with Gasteiger partial charge < -0.3 is 20.7 Å². The summed E-state index contributed by atoms with van der Waals surface area (Å²) < 4.78 is 5.92. The van der Waals surface area contributed by atoms with Crippen LogP contribution in [0.2, 0.25) is 0 Å². The van der Waals surface area contributed by atoms with Crippen molar-refractivity contribution in [3.05, 3.63) is 60.2 Å². The fourth-order valence-electron chi connectivity index (χ4n) is 4.97. The first-order valence-electron chi connectivity index (χ1n) is 11.2. The topological polar surface area (TPSA) is 84.7 Å². The average Bonchev–Trinajstić information content (AvgIpc) is 2.79. The molecule has 6 nitrogen and oxygen atoms in total. The normalized spacial score (nSPS) is 21.6. The van der Waals surface area contributed by atoms with E-state index in [-0.39, 0.29) is 12.3 Å². The maximum Gasteiger partial charge on any atom is 0.312 e. The van der Waals surface area contributed by atoms with E-state index in [0.29, 0.717) is 11.7 Å². The van der Waals surface area contributed by atoms with Crippen molar-refractivity contribution in [3.63, 3.8) is 0 Å².